The summed E-state index contributed by atoms with van der Waals surface area (Å²) < 4.78 is 11.3. The molecule has 1 aliphatic heterocycles. The van der Waals surface area contributed by atoms with Gasteiger partial charge in [-0.05, 0) is 54.7 Å². The summed E-state index contributed by atoms with van der Waals surface area (Å²) in [6.45, 7) is 6.71. The second-order valence-corrected chi connectivity index (χ2v) is 9.26. The van der Waals surface area contributed by atoms with Crippen LogP contribution in [-0.4, -0.2) is 24.3 Å². The fraction of sp³-hybridized carbons (Fsp3) is 0.708. The Morgan fingerprint density at radius 3 is 2.71 bits per heavy atom. The molecule has 1 aliphatic carbocycles. The number of hydrogen-bond donors (Lipinski definition) is 1. The number of unbranched alkanes of at least 4 members (excludes halogenated alkanes) is 2. The summed E-state index contributed by atoms with van der Waals surface area (Å²) >= 11 is 0. The van der Waals surface area contributed by atoms with E-state index in [1.165, 1.54) is 26.4 Å². The molecule has 1 aromatic carbocycles. The molecular weight excluding hydrogens is 352 g/mol. The molecule has 0 bridgehead atoms. The molecule has 3 rings (SSSR count). The molecule has 28 heavy (non-hydrogen) atoms. The quantitative estimate of drug-likeness (QED) is 0.470. The maximum atomic E-state index is 12.0. The lowest BCUT2D eigenvalue weighted by Crippen LogP contribution is -2.25. The number of methoxy groups -OCH3 is 1. The molecule has 156 valence electrons. The van der Waals surface area contributed by atoms with Crippen molar-refractivity contribution in [1.29, 1.82) is 0 Å². The number of ether oxygens (including phenoxy) is 2. The lowest BCUT2D eigenvalue weighted by Gasteiger charge is -2.27. The van der Waals surface area contributed by atoms with Gasteiger partial charge in [0.15, 0.2) is 0 Å². The molecule has 2 aliphatic rings. The Morgan fingerprint density at radius 2 is 2.00 bits per heavy atom. The third kappa shape index (κ3) is 4.31. The van der Waals surface area contributed by atoms with E-state index < -0.39 is 0 Å². The third-order valence-electron chi connectivity index (χ3n) is 6.80. The second kappa shape index (κ2) is 8.75. The highest BCUT2D eigenvalue weighted by Crippen LogP contribution is 2.53. The number of aromatic hydroxyl groups is 1. The van der Waals surface area contributed by atoms with E-state index in [0.29, 0.717) is 12.2 Å². The summed E-state index contributed by atoms with van der Waals surface area (Å²) in [5.41, 5.74) is 2.05. The maximum Gasteiger partial charge on any atom is 0.305 e. The Balaban J connectivity index is 1.90. The fourth-order valence-electron chi connectivity index (χ4n) is 5.05. The molecule has 0 amide bonds. The van der Waals surface area contributed by atoms with Crippen LogP contribution in [0.5, 0.6) is 11.5 Å². The average Bonchev–Trinajstić information content (AvgIpc) is 2.92. The van der Waals surface area contributed by atoms with Crippen LogP contribution in [0.3, 0.4) is 0 Å². The second-order valence-electron chi connectivity index (χ2n) is 9.26. The van der Waals surface area contributed by atoms with Gasteiger partial charge in [-0.3, -0.25) is 4.79 Å². The van der Waals surface area contributed by atoms with Crippen molar-refractivity contribution >= 4 is 5.97 Å². The van der Waals surface area contributed by atoms with E-state index in [9.17, 15) is 9.90 Å². The van der Waals surface area contributed by atoms with Crippen LogP contribution >= 0.6 is 0 Å². The molecule has 1 saturated carbocycles. The first kappa shape index (κ1) is 21.0. The molecule has 4 heteroatoms. The first-order valence-corrected chi connectivity index (χ1v) is 11.0. The molecule has 3 unspecified atom stereocenters. The van der Waals surface area contributed by atoms with Crippen molar-refractivity contribution in [3.05, 3.63) is 23.3 Å². The van der Waals surface area contributed by atoms with Gasteiger partial charge >= 0.3 is 5.97 Å². The smallest absolute Gasteiger partial charge is 0.305 e. The van der Waals surface area contributed by atoms with Crippen molar-refractivity contribution in [2.75, 3.05) is 7.11 Å². The van der Waals surface area contributed by atoms with Gasteiger partial charge in [-0.15, -0.1) is 0 Å². The van der Waals surface area contributed by atoms with E-state index in [-0.39, 0.29) is 29.3 Å². The number of phenols is 1. The Bertz CT molecular complexity index is 694. The number of benzene rings is 1. The Kier molecular flexibility index (Phi) is 6.57. The normalized spacial score (nSPS) is 24.1. The third-order valence-corrected chi connectivity index (χ3v) is 6.80. The Morgan fingerprint density at radius 1 is 1.25 bits per heavy atom. The minimum Gasteiger partial charge on any atom is -0.508 e. The molecule has 0 aromatic heterocycles. The van der Waals surface area contributed by atoms with E-state index in [1.54, 1.807) is 0 Å². The first-order chi connectivity index (χ1) is 13.4. The predicted octanol–water partition coefficient (Wildman–Crippen LogP) is 5.85. The standard InChI is InChI=1S/C24H36O4/c1-5-6-9-12-24(2,3)17-14-18(25)23-20(15-17)28-19-11-8-7-10-16(22(19)23)13-21(26)27-4/h14-16,19,22,25H,5-13H2,1-4H3. The maximum absolute atomic E-state index is 12.0. The summed E-state index contributed by atoms with van der Waals surface area (Å²) in [5.74, 6) is 1.22. The van der Waals surface area contributed by atoms with Gasteiger partial charge in [0.05, 0.1) is 7.11 Å². The van der Waals surface area contributed by atoms with Gasteiger partial charge < -0.3 is 14.6 Å². The van der Waals surface area contributed by atoms with Crippen molar-refractivity contribution in [2.45, 2.75) is 96.0 Å². The van der Waals surface area contributed by atoms with Crippen molar-refractivity contribution in [3.63, 3.8) is 0 Å². The van der Waals surface area contributed by atoms with Gasteiger partial charge in [-0.2, -0.15) is 0 Å². The lowest BCUT2D eigenvalue weighted by atomic mass is 9.76. The van der Waals surface area contributed by atoms with Crippen LogP contribution in [0.15, 0.2) is 12.1 Å². The predicted molar refractivity (Wildman–Crippen MR) is 111 cm³/mol. The number of rotatable bonds is 7. The van der Waals surface area contributed by atoms with Gasteiger partial charge in [-0.25, -0.2) is 0 Å². The Hall–Kier alpha value is -1.71. The number of carbonyl (C=O) groups excluding carboxylic acids is 1. The number of phenolic OH excluding ortho intramolecular Hbond substituents is 1. The lowest BCUT2D eigenvalue weighted by molar-refractivity contribution is -0.142. The average molecular weight is 389 g/mol. The van der Waals surface area contributed by atoms with Crippen molar-refractivity contribution in [2.24, 2.45) is 5.92 Å². The number of esters is 1. The number of carbonyl (C=O) groups is 1. The zero-order valence-electron chi connectivity index (χ0n) is 17.9. The van der Waals surface area contributed by atoms with Crippen LogP contribution in [0.2, 0.25) is 0 Å². The van der Waals surface area contributed by atoms with Crippen LogP contribution < -0.4 is 4.74 Å². The van der Waals surface area contributed by atoms with E-state index in [4.69, 9.17) is 9.47 Å². The summed E-state index contributed by atoms with van der Waals surface area (Å²) in [6.07, 6.45) is 9.32. The molecule has 1 N–H and O–H groups in total. The highest BCUT2D eigenvalue weighted by molar-refractivity contribution is 5.70. The van der Waals surface area contributed by atoms with Crippen molar-refractivity contribution < 1.29 is 19.4 Å². The summed E-state index contributed by atoms with van der Waals surface area (Å²) in [4.78, 5) is 12.0. The van der Waals surface area contributed by atoms with Gasteiger partial charge in [-0.1, -0.05) is 46.5 Å². The summed E-state index contributed by atoms with van der Waals surface area (Å²) in [6, 6.07) is 4.08. The monoisotopic (exact) mass is 388 g/mol. The number of hydrogen-bond acceptors (Lipinski definition) is 4. The molecule has 0 saturated heterocycles. The van der Waals surface area contributed by atoms with E-state index >= 15 is 0 Å². The van der Waals surface area contributed by atoms with Crippen LogP contribution in [0.25, 0.3) is 0 Å². The van der Waals surface area contributed by atoms with Crippen LogP contribution in [0, 0.1) is 5.92 Å². The number of fused-ring (bicyclic) bond motifs is 3. The van der Waals surface area contributed by atoms with Gasteiger partial charge in [0.25, 0.3) is 0 Å². The van der Waals surface area contributed by atoms with E-state index in [0.717, 1.165) is 49.0 Å². The molecule has 4 nitrogen and oxygen atoms in total. The molecule has 0 spiro atoms. The summed E-state index contributed by atoms with van der Waals surface area (Å²) in [5, 5.41) is 11.0. The van der Waals surface area contributed by atoms with Gasteiger partial charge in [0.2, 0.25) is 0 Å². The van der Waals surface area contributed by atoms with Gasteiger partial charge in [0, 0.05) is 17.9 Å². The highest BCUT2D eigenvalue weighted by atomic mass is 16.5. The molecule has 1 fully saturated rings. The summed E-state index contributed by atoms with van der Waals surface area (Å²) in [7, 11) is 1.44. The minimum atomic E-state index is -0.174. The fourth-order valence-corrected chi connectivity index (χ4v) is 5.05. The van der Waals surface area contributed by atoms with Crippen LogP contribution in [-0.2, 0) is 14.9 Å². The van der Waals surface area contributed by atoms with E-state index in [1.807, 2.05) is 6.07 Å². The van der Waals surface area contributed by atoms with Crippen LogP contribution in [0.4, 0.5) is 0 Å². The minimum absolute atomic E-state index is 0.00110. The van der Waals surface area contributed by atoms with Crippen molar-refractivity contribution in [3.8, 4) is 11.5 Å². The van der Waals surface area contributed by atoms with Gasteiger partial charge in [0.1, 0.15) is 17.6 Å². The molecule has 3 atom stereocenters. The molecule has 1 aromatic rings. The molecular formula is C24H36O4. The van der Waals surface area contributed by atoms with Crippen LogP contribution in [0.1, 0.15) is 95.6 Å². The Labute approximate surface area is 169 Å². The van der Waals surface area contributed by atoms with E-state index in [2.05, 4.69) is 26.8 Å². The molecule has 1 heterocycles. The largest absolute Gasteiger partial charge is 0.508 e. The zero-order chi connectivity index (χ0) is 20.3. The highest BCUT2D eigenvalue weighted by Gasteiger charge is 2.44. The SMILES string of the molecule is CCCCCC(C)(C)c1cc(O)c2c(c1)OC1CCCCC(CC(=O)OC)C21. The topological polar surface area (TPSA) is 55.8 Å². The molecule has 0 radical (unpaired) electrons. The van der Waals surface area contributed by atoms with Crippen molar-refractivity contribution in [1.82, 2.24) is 0 Å². The first-order valence-electron chi connectivity index (χ1n) is 11.0. The zero-order valence-corrected chi connectivity index (χ0v) is 17.9.